The molecule has 0 bridgehead atoms. The van der Waals surface area contributed by atoms with Gasteiger partial charge in [0.25, 0.3) is 0 Å². The molecule has 1 heterocycles. The van der Waals surface area contributed by atoms with Gasteiger partial charge in [0.1, 0.15) is 34.9 Å². The largest absolute Gasteiger partial charge is 0.497 e. The lowest BCUT2D eigenvalue weighted by molar-refractivity contribution is -0.150. The van der Waals surface area contributed by atoms with Gasteiger partial charge in [-0.1, -0.05) is 36.4 Å². The van der Waals surface area contributed by atoms with Crippen molar-refractivity contribution in [3.05, 3.63) is 94.8 Å². The molecule has 1 aliphatic carbocycles. The number of nitrogens with one attached hydrogen (secondary N) is 1. The van der Waals surface area contributed by atoms with Crippen molar-refractivity contribution in [3.8, 4) is 11.5 Å². The fourth-order valence-electron chi connectivity index (χ4n) is 5.17. The van der Waals surface area contributed by atoms with Crippen LogP contribution in [0.25, 0.3) is 5.57 Å². The smallest absolute Gasteiger partial charge is 0.320 e. The third-order valence-corrected chi connectivity index (χ3v) is 7.29. The van der Waals surface area contributed by atoms with E-state index in [1.54, 1.807) is 20.1 Å². The second-order valence-electron chi connectivity index (χ2n) is 10.4. The van der Waals surface area contributed by atoms with Crippen LogP contribution in [-0.2, 0) is 21.6 Å². The maximum Gasteiger partial charge on any atom is 0.320 e. The lowest BCUT2D eigenvalue weighted by Crippen LogP contribution is -2.39. The Labute approximate surface area is 217 Å². The van der Waals surface area contributed by atoms with Gasteiger partial charge in [0.15, 0.2) is 0 Å². The summed E-state index contributed by atoms with van der Waals surface area (Å²) < 4.78 is 31.8. The number of carbonyl (C=O) groups is 1. The predicted octanol–water partition coefficient (Wildman–Crippen LogP) is 6.58. The van der Waals surface area contributed by atoms with Crippen molar-refractivity contribution < 1.29 is 23.4 Å². The number of benzene rings is 3. The Balaban J connectivity index is 1.48. The molecule has 37 heavy (non-hydrogen) atoms. The first kappa shape index (κ1) is 24.9. The van der Waals surface area contributed by atoms with Crippen LogP contribution >= 0.6 is 0 Å². The maximum absolute atomic E-state index is 14.7. The summed E-state index contributed by atoms with van der Waals surface area (Å²) in [5.41, 5.74) is 3.57. The van der Waals surface area contributed by atoms with E-state index >= 15 is 0 Å². The second-order valence-corrected chi connectivity index (χ2v) is 10.4. The van der Waals surface area contributed by atoms with Crippen LogP contribution in [0.1, 0.15) is 48.9 Å². The molecule has 6 heteroatoms. The number of ether oxygens (including phenoxy) is 3. The molecule has 5 rings (SSSR count). The molecule has 0 spiro atoms. The molecule has 192 valence electrons. The first-order valence-corrected chi connectivity index (χ1v) is 12.6. The minimum Gasteiger partial charge on any atom is -0.497 e. The number of methoxy groups -OCH3 is 1. The first-order valence-electron chi connectivity index (χ1n) is 12.6. The van der Waals surface area contributed by atoms with Gasteiger partial charge >= 0.3 is 5.97 Å². The Kier molecular flexibility index (Phi) is 6.44. The third-order valence-electron chi connectivity index (χ3n) is 7.29. The fraction of sp³-hybridized carbons (Fsp3) is 0.323. The van der Waals surface area contributed by atoms with E-state index in [4.69, 9.17) is 14.2 Å². The zero-order chi connectivity index (χ0) is 26.2. The van der Waals surface area contributed by atoms with Crippen LogP contribution in [0.3, 0.4) is 0 Å². The monoisotopic (exact) mass is 501 g/mol. The van der Waals surface area contributed by atoms with Crippen molar-refractivity contribution in [2.45, 2.75) is 51.2 Å². The molecule has 1 N–H and O–H groups in total. The zero-order valence-electron chi connectivity index (χ0n) is 21.7. The Morgan fingerprint density at radius 3 is 2.65 bits per heavy atom. The minimum absolute atomic E-state index is 0.123. The van der Waals surface area contributed by atoms with Crippen LogP contribution in [0.4, 0.5) is 10.1 Å². The summed E-state index contributed by atoms with van der Waals surface area (Å²) in [7, 11) is 1.61. The number of halogens is 1. The number of rotatable bonds is 6. The molecule has 3 aromatic rings. The second kappa shape index (κ2) is 9.58. The highest BCUT2D eigenvalue weighted by Crippen LogP contribution is 2.46. The summed E-state index contributed by atoms with van der Waals surface area (Å²) in [4.78, 5) is 13.8. The van der Waals surface area contributed by atoms with E-state index in [0.29, 0.717) is 30.5 Å². The Hall–Kier alpha value is -3.80. The van der Waals surface area contributed by atoms with Crippen LogP contribution in [-0.4, -0.2) is 25.2 Å². The Morgan fingerprint density at radius 2 is 1.89 bits per heavy atom. The summed E-state index contributed by atoms with van der Waals surface area (Å²) in [6, 6.07) is 18.4. The summed E-state index contributed by atoms with van der Waals surface area (Å²) in [6.07, 6.45) is 3.14. The SMILES string of the molecule is COc1ccc(COC(=O)[C@]2(c3cccc(F)c3C)C=C(c3ccc4c(c3)NCC(C)(C)O4)CC2)cc1. The van der Waals surface area contributed by atoms with Gasteiger partial charge in [-0.05, 0) is 91.8 Å². The van der Waals surface area contributed by atoms with Crippen molar-refractivity contribution in [3.63, 3.8) is 0 Å². The molecule has 2 aliphatic rings. The van der Waals surface area contributed by atoms with Crippen molar-refractivity contribution in [1.82, 2.24) is 0 Å². The average Bonchev–Trinajstić information content (AvgIpc) is 3.35. The maximum atomic E-state index is 14.7. The van der Waals surface area contributed by atoms with Crippen molar-refractivity contribution in [2.24, 2.45) is 0 Å². The van der Waals surface area contributed by atoms with E-state index in [0.717, 1.165) is 33.9 Å². The molecular formula is C31H32FNO4. The molecule has 5 nitrogen and oxygen atoms in total. The molecule has 0 fully saturated rings. The average molecular weight is 502 g/mol. The van der Waals surface area contributed by atoms with Gasteiger partial charge in [0.05, 0.1) is 19.3 Å². The topological polar surface area (TPSA) is 56.8 Å². The van der Waals surface area contributed by atoms with Gasteiger partial charge in [-0.3, -0.25) is 4.79 Å². The van der Waals surface area contributed by atoms with Gasteiger partial charge in [0.2, 0.25) is 0 Å². The molecule has 0 radical (unpaired) electrons. The zero-order valence-corrected chi connectivity index (χ0v) is 21.7. The molecule has 1 atom stereocenters. The van der Waals surface area contributed by atoms with E-state index in [1.807, 2.05) is 62.4 Å². The number of esters is 1. The highest BCUT2D eigenvalue weighted by molar-refractivity contribution is 5.92. The van der Waals surface area contributed by atoms with Gasteiger partial charge < -0.3 is 19.5 Å². The molecular weight excluding hydrogens is 469 g/mol. The normalized spacial score (nSPS) is 19.8. The molecule has 0 unspecified atom stereocenters. The van der Waals surface area contributed by atoms with Gasteiger partial charge in [0, 0.05) is 0 Å². The van der Waals surface area contributed by atoms with Crippen LogP contribution in [0.2, 0.25) is 0 Å². The van der Waals surface area contributed by atoms with Crippen LogP contribution < -0.4 is 14.8 Å². The summed E-state index contributed by atoms with van der Waals surface area (Å²) in [5.74, 6) is 0.830. The van der Waals surface area contributed by atoms with Gasteiger partial charge in [-0.15, -0.1) is 0 Å². The molecule has 0 saturated carbocycles. The quantitative estimate of drug-likeness (QED) is 0.387. The number of anilines is 1. The van der Waals surface area contributed by atoms with Crippen LogP contribution in [0.5, 0.6) is 11.5 Å². The minimum atomic E-state index is -1.07. The lowest BCUT2D eigenvalue weighted by Gasteiger charge is -2.33. The summed E-state index contributed by atoms with van der Waals surface area (Å²) in [6.45, 7) is 6.63. The third kappa shape index (κ3) is 4.80. The summed E-state index contributed by atoms with van der Waals surface area (Å²) in [5, 5.41) is 3.45. The molecule has 0 saturated heterocycles. The number of fused-ring (bicyclic) bond motifs is 1. The fourth-order valence-corrected chi connectivity index (χ4v) is 5.17. The number of hydrogen-bond acceptors (Lipinski definition) is 5. The van der Waals surface area contributed by atoms with E-state index in [9.17, 15) is 9.18 Å². The van der Waals surface area contributed by atoms with Gasteiger partial charge in [-0.25, -0.2) is 4.39 Å². The lowest BCUT2D eigenvalue weighted by atomic mass is 9.77. The number of allylic oxidation sites excluding steroid dienone is 1. The van der Waals surface area contributed by atoms with Gasteiger partial charge in [-0.2, -0.15) is 0 Å². The highest BCUT2D eigenvalue weighted by atomic mass is 19.1. The van der Waals surface area contributed by atoms with Crippen molar-refractivity contribution in [1.29, 1.82) is 0 Å². The van der Waals surface area contributed by atoms with Crippen molar-refractivity contribution >= 4 is 17.2 Å². The highest BCUT2D eigenvalue weighted by Gasteiger charge is 2.45. The Morgan fingerprint density at radius 1 is 1.11 bits per heavy atom. The predicted molar refractivity (Wildman–Crippen MR) is 142 cm³/mol. The standard InChI is InChI=1S/C31H32FNO4/c1-20-25(6-5-7-26(20)32)31(29(34)36-18-21-8-11-24(35-4)12-9-21)15-14-23(17-31)22-10-13-28-27(16-22)33-19-30(2,3)37-28/h5-13,16-17,33H,14-15,18-19H2,1-4H3/t31-/m0/s1. The molecule has 0 amide bonds. The van der Waals surface area contributed by atoms with E-state index in [-0.39, 0.29) is 24.0 Å². The molecule has 3 aromatic carbocycles. The van der Waals surface area contributed by atoms with Crippen LogP contribution in [0, 0.1) is 12.7 Å². The molecule has 0 aromatic heterocycles. The number of hydrogen-bond donors (Lipinski definition) is 1. The van der Waals surface area contributed by atoms with Crippen molar-refractivity contribution in [2.75, 3.05) is 19.0 Å². The van der Waals surface area contributed by atoms with E-state index in [1.165, 1.54) is 6.07 Å². The molecule has 1 aliphatic heterocycles. The van der Waals surface area contributed by atoms with Crippen LogP contribution in [0.15, 0.2) is 66.7 Å². The Bertz CT molecular complexity index is 1360. The summed E-state index contributed by atoms with van der Waals surface area (Å²) >= 11 is 0. The number of carbonyl (C=O) groups excluding carboxylic acids is 1. The first-order chi connectivity index (χ1) is 17.7. The van der Waals surface area contributed by atoms with E-state index < -0.39 is 5.41 Å². The van der Waals surface area contributed by atoms with E-state index in [2.05, 4.69) is 11.4 Å².